The maximum atomic E-state index is 12.2. The molecule has 0 saturated carbocycles. The average Bonchev–Trinajstić information content (AvgIpc) is 3.24. The van der Waals surface area contributed by atoms with Gasteiger partial charge in [-0.1, -0.05) is 0 Å². The van der Waals surface area contributed by atoms with Gasteiger partial charge in [0.15, 0.2) is 5.13 Å². The second kappa shape index (κ2) is 14.2. The first kappa shape index (κ1) is 28.0. The second-order valence-electron chi connectivity index (χ2n) is 7.91. The number of benzene rings is 1. The monoisotopic (exact) mass is 509 g/mol. The van der Waals surface area contributed by atoms with Crippen molar-refractivity contribution < 1.29 is 38.8 Å². The molecular weight excluding hydrogens is 478 g/mol. The number of anilines is 1. The van der Waals surface area contributed by atoms with Gasteiger partial charge in [0.2, 0.25) is 5.91 Å². The Bertz CT molecular complexity index is 955. The van der Waals surface area contributed by atoms with Gasteiger partial charge >= 0.3 is 11.9 Å². The Labute approximate surface area is 207 Å². The van der Waals surface area contributed by atoms with Gasteiger partial charge in [0.25, 0.3) is 0 Å². The van der Waals surface area contributed by atoms with E-state index < -0.39 is 11.9 Å². The van der Waals surface area contributed by atoms with Crippen LogP contribution in [0.4, 0.5) is 5.13 Å². The third-order valence-corrected chi connectivity index (χ3v) is 6.03. The predicted octanol–water partition coefficient (Wildman–Crippen LogP) is 2.49. The number of nitrogens with zero attached hydrogens (tertiary/aromatic N) is 2. The molecular formula is C23H31N3O8S. The number of carbonyl (C=O) groups excluding carboxylic acids is 1. The van der Waals surface area contributed by atoms with E-state index in [-0.39, 0.29) is 5.91 Å². The van der Waals surface area contributed by atoms with E-state index in [2.05, 4.69) is 15.2 Å². The summed E-state index contributed by atoms with van der Waals surface area (Å²) in [7, 11) is 3.29. The van der Waals surface area contributed by atoms with E-state index in [0.717, 1.165) is 55.3 Å². The number of methoxy groups -OCH3 is 2. The summed E-state index contributed by atoms with van der Waals surface area (Å²) in [6.45, 7) is 5.40. The van der Waals surface area contributed by atoms with Crippen molar-refractivity contribution in [2.45, 2.75) is 26.4 Å². The summed E-state index contributed by atoms with van der Waals surface area (Å²) in [4.78, 5) is 36.8. The lowest BCUT2D eigenvalue weighted by atomic mass is 9.98. The number of aromatic nitrogens is 1. The van der Waals surface area contributed by atoms with Crippen LogP contribution in [0.15, 0.2) is 23.6 Å². The molecule has 3 N–H and O–H groups in total. The number of carboxylic acids is 2. The summed E-state index contributed by atoms with van der Waals surface area (Å²) in [5, 5.41) is 20.3. The molecule has 12 heteroatoms. The number of aliphatic carboxylic acids is 2. The predicted molar refractivity (Wildman–Crippen MR) is 129 cm³/mol. The summed E-state index contributed by atoms with van der Waals surface area (Å²) in [6.07, 6.45) is 2.07. The number of ether oxygens (including phenoxy) is 3. The Morgan fingerprint density at radius 2 is 1.69 bits per heavy atom. The minimum Gasteiger partial charge on any atom is -0.497 e. The van der Waals surface area contributed by atoms with Crippen LogP contribution in [0.5, 0.6) is 11.5 Å². The van der Waals surface area contributed by atoms with Gasteiger partial charge in [-0.25, -0.2) is 14.6 Å². The second-order valence-corrected chi connectivity index (χ2v) is 8.77. The van der Waals surface area contributed by atoms with Crippen LogP contribution in [0, 0.1) is 12.8 Å². The zero-order chi connectivity index (χ0) is 25.8. The first-order chi connectivity index (χ1) is 16.7. The molecule has 1 amide bonds. The molecule has 1 aliphatic heterocycles. The third-order valence-electron chi connectivity index (χ3n) is 5.16. The standard InChI is InChI=1S/C21H29N3O4S.C2H2O4/c1-15-14-29-21(22-15)23-20(25)11-24-6-4-16(5-7-24)12-28-13-17-8-18(26-2)10-19(9-17)27-3;3-1(4)2(5)6/h8-10,14,16H,4-7,11-13H2,1-3H3,(H,22,23,25);(H,3,4)(H,5,6). The molecule has 0 radical (unpaired) electrons. The topological polar surface area (TPSA) is 148 Å². The molecule has 0 spiro atoms. The number of rotatable bonds is 9. The van der Waals surface area contributed by atoms with Crippen LogP contribution in [0.2, 0.25) is 0 Å². The maximum absolute atomic E-state index is 12.2. The largest absolute Gasteiger partial charge is 0.497 e. The molecule has 1 saturated heterocycles. The van der Waals surface area contributed by atoms with Crippen LogP contribution < -0.4 is 14.8 Å². The number of hydrogen-bond acceptors (Lipinski definition) is 9. The van der Waals surface area contributed by atoms with Crippen LogP contribution in [0.25, 0.3) is 0 Å². The summed E-state index contributed by atoms with van der Waals surface area (Å²) in [5.41, 5.74) is 1.96. The number of likely N-dealkylation sites (tertiary alicyclic amines) is 1. The molecule has 1 aliphatic rings. The van der Waals surface area contributed by atoms with Crippen LogP contribution in [-0.2, 0) is 25.7 Å². The zero-order valence-corrected chi connectivity index (χ0v) is 20.8. The van der Waals surface area contributed by atoms with E-state index in [9.17, 15) is 4.79 Å². The molecule has 0 aliphatic carbocycles. The lowest BCUT2D eigenvalue weighted by Crippen LogP contribution is -2.40. The average molecular weight is 510 g/mol. The normalized spacial score (nSPS) is 13.9. The fourth-order valence-corrected chi connectivity index (χ4v) is 4.08. The van der Waals surface area contributed by atoms with Gasteiger partial charge in [-0.15, -0.1) is 11.3 Å². The van der Waals surface area contributed by atoms with Crippen molar-refractivity contribution >= 4 is 34.3 Å². The summed E-state index contributed by atoms with van der Waals surface area (Å²) in [5.74, 6) is -1.60. The van der Waals surface area contributed by atoms with Crippen LogP contribution >= 0.6 is 11.3 Å². The zero-order valence-electron chi connectivity index (χ0n) is 20.0. The molecule has 2 aromatic rings. The van der Waals surface area contributed by atoms with Gasteiger partial charge in [-0.2, -0.15) is 0 Å². The highest BCUT2D eigenvalue weighted by molar-refractivity contribution is 7.13. The number of amides is 1. The molecule has 0 bridgehead atoms. The van der Waals surface area contributed by atoms with E-state index in [4.69, 9.17) is 34.0 Å². The number of aryl methyl sites for hydroxylation is 1. The number of nitrogens with one attached hydrogen (secondary N) is 1. The van der Waals surface area contributed by atoms with E-state index in [1.807, 2.05) is 30.5 Å². The van der Waals surface area contributed by atoms with Gasteiger partial charge < -0.3 is 29.7 Å². The van der Waals surface area contributed by atoms with E-state index in [0.29, 0.717) is 24.2 Å². The molecule has 35 heavy (non-hydrogen) atoms. The first-order valence-corrected chi connectivity index (χ1v) is 11.8. The van der Waals surface area contributed by atoms with Crippen molar-refractivity contribution in [1.82, 2.24) is 9.88 Å². The van der Waals surface area contributed by atoms with Crippen molar-refractivity contribution in [3.05, 3.63) is 34.8 Å². The van der Waals surface area contributed by atoms with Gasteiger partial charge in [-0.3, -0.25) is 9.69 Å². The van der Waals surface area contributed by atoms with E-state index >= 15 is 0 Å². The highest BCUT2D eigenvalue weighted by Crippen LogP contribution is 2.24. The Balaban J connectivity index is 0.000000641. The van der Waals surface area contributed by atoms with Gasteiger partial charge in [0, 0.05) is 18.1 Å². The highest BCUT2D eigenvalue weighted by Gasteiger charge is 2.21. The van der Waals surface area contributed by atoms with Crippen LogP contribution in [0.3, 0.4) is 0 Å². The van der Waals surface area contributed by atoms with Crippen LogP contribution in [-0.4, -0.2) is 78.4 Å². The Morgan fingerprint density at radius 1 is 1.09 bits per heavy atom. The quantitative estimate of drug-likeness (QED) is 0.431. The number of thiazole rings is 1. The molecule has 1 aromatic carbocycles. The minimum absolute atomic E-state index is 0.000946. The van der Waals surface area contributed by atoms with E-state index in [1.54, 1.807) is 14.2 Å². The SMILES string of the molecule is COc1cc(COCC2CCN(CC(=O)Nc3nc(C)cs3)CC2)cc(OC)c1.O=C(O)C(=O)O. The summed E-state index contributed by atoms with van der Waals surface area (Å²) >= 11 is 1.46. The molecule has 0 unspecified atom stereocenters. The maximum Gasteiger partial charge on any atom is 0.414 e. The number of piperidine rings is 1. The Morgan fingerprint density at radius 3 is 2.17 bits per heavy atom. The Hall–Kier alpha value is -3.22. The van der Waals surface area contributed by atoms with Crippen LogP contribution in [0.1, 0.15) is 24.1 Å². The fourth-order valence-electron chi connectivity index (χ4n) is 3.38. The van der Waals surface area contributed by atoms with E-state index in [1.165, 1.54) is 11.3 Å². The van der Waals surface area contributed by atoms with Gasteiger partial charge in [0.1, 0.15) is 11.5 Å². The van der Waals surface area contributed by atoms with Crippen molar-refractivity contribution in [2.75, 3.05) is 45.8 Å². The summed E-state index contributed by atoms with van der Waals surface area (Å²) in [6, 6.07) is 5.78. The lowest BCUT2D eigenvalue weighted by molar-refractivity contribution is -0.159. The molecule has 11 nitrogen and oxygen atoms in total. The van der Waals surface area contributed by atoms with Gasteiger partial charge in [0.05, 0.1) is 33.1 Å². The summed E-state index contributed by atoms with van der Waals surface area (Å²) < 4.78 is 16.5. The number of hydrogen-bond donors (Lipinski definition) is 3. The lowest BCUT2D eigenvalue weighted by Gasteiger charge is -2.31. The first-order valence-electron chi connectivity index (χ1n) is 10.9. The van der Waals surface area contributed by atoms with Gasteiger partial charge in [-0.05, 0) is 56.5 Å². The minimum atomic E-state index is -1.82. The number of carboxylic acid groups (broad SMARTS) is 2. The van der Waals surface area contributed by atoms with Crippen molar-refractivity contribution in [1.29, 1.82) is 0 Å². The molecule has 2 heterocycles. The number of carbonyl (C=O) groups is 3. The molecule has 3 rings (SSSR count). The van der Waals surface area contributed by atoms with Crippen molar-refractivity contribution in [3.8, 4) is 11.5 Å². The molecule has 1 aromatic heterocycles. The van der Waals surface area contributed by atoms with Crippen molar-refractivity contribution in [3.63, 3.8) is 0 Å². The third kappa shape index (κ3) is 10.3. The molecule has 192 valence electrons. The smallest absolute Gasteiger partial charge is 0.414 e. The van der Waals surface area contributed by atoms with Crippen molar-refractivity contribution in [2.24, 2.45) is 5.92 Å². The highest BCUT2D eigenvalue weighted by atomic mass is 32.1. The molecule has 0 atom stereocenters. The Kier molecular flexibility index (Phi) is 11.4. The fraction of sp³-hybridized carbons (Fsp3) is 0.478. The molecule has 1 fully saturated rings.